The highest BCUT2D eigenvalue weighted by molar-refractivity contribution is 5.48. The van der Waals surface area contributed by atoms with E-state index in [4.69, 9.17) is 9.84 Å². The first kappa shape index (κ1) is 34.6. The molecule has 0 aromatic carbocycles. The molecule has 0 rings (SSSR count). The Morgan fingerprint density at radius 1 is 0.371 bits per heavy atom. The number of hydrogen-bond acceptors (Lipinski definition) is 3. The van der Waals surface area contributed by atoms with Gasteiger partial charge in [0, 0.05) is 13.0 Å². The second kappa shape index (κ2) is 33.6. The molecule has 0 radical (unpaired) electrons. The van der Waals surface area contributed by atoms with Gasteiger partial charge in [0.1, 0.15) is 6.29 Å². The summed E-state index contributed by atoms with van der Waals surface area (Å²) in [6, 6.07) is 0. The van der Waals surface area contributed by atoms with Gasteiger partial charge in [-0.15, -0.1) is 0 Å². The minimum Gasteiger partial charge on any atom is -0.394 e. The molecular formula is C32H64O3. The predicted octanol–water partition coefficient (Wildman–Crippen LogP) is 10.1. The van der Waals surface area contributed by atoms with Crippen molar-refractivity contribution in [2.24, 2.45) is 0 Å². The largest absolute Gasteiger partial charge is 0.394 e. The molecule has 0 atom stereocenters. The van der Waals surface area contributed by atoms with Crippen molar-refractivity contribution in [1.29, 1.82) is 0 Å². The molecule has 0 aliphatic heterocycles. The Hall–Kier alpha value is -0.410. The monoisotopic (exact) mass is 496 g/mol. The smallest absolute Gasteiger partial charge is 0.119 e. The third-order valence-corrected chi connectivity index (χ3v) is 7.35. The van der Waals surface area contributed by atoms with Crippen molar-refractivity contribution in [1.82, 2.24) is 0 Å². The maximum atomic E-state index is 10.3. The van der Waals surface area contributed by atoms with E-state index in [1.165, 1.54) is 161 Å². The summed E-state index contributed by atoms with van der Waals surface area (Å²) in [6.45, 7) is 1.46. The van der Waals surface area contributed by atoms with Crippen LogP contribution in [0.25, 0.3) is 0 Å². The van der Waals surface area contributed by atoms with Gasteiger partial charge >= 0.3 is 0 Å². The number of unbranched alkanes of at least 4 members (excludes halogenated alkanes) is 27. The third kappa shape index (κ3) is 33.6. The van der Waals surface area contributed by atoms with Gasteiger partial charge < -0.3 is 14.6 Å². The molecule has 0 aromatic rings. The molecule has 0 spiro atoms. The van der Waals surface area contributed by atoms with E-state index >= 15 is 0 Å². The molecule has 0 bridgehead atoms. The second-order valence-electron chi connectivity index (χ2n) is 10.8. The van der Waals surface area contributed by atoms with Crippen molar-refractivity contribution in [3.8, 4) is 0 Å². The summed E-state index contributed by atoms with van der Waals surface area (Å²) in [5, 5.41) is 8.65. The molecule has 0 saturated carbocycles. The first-order chi connectivity index (χ1) is 17.4. The summed E-state index contributed by atoms with van der Waals surface area (Å²) >= 11 is 0. The number of ether oxygens (including phenoxy) is 1. The SMILES string of the molecule is O=CCCCCCCCCCCCCCCCCCCCCCCCCCCCCCOCCO. The van der Waals surface area contributed by atoms with Crippen LogP contribution in [0.3, 0.4) is 0 Å². The molecule has 0 aliphatic carbocycles. The Kier molecular flexibility index (Phi) is 33.2. The number of aliphatic hydroxyl groups is 1. The Morgan fingerprint density at radius 2 is 0.629 bits per heavy atom. The van der Waals surface area contributed by atoms with E-state index in [1.807, 2.05) is 0 Å². The summed E-state index contributed by atoms with van der Waals surface area (Å²) in [5.41, 5.74) is 0. The lowest BCUT2D eigenvalue weighted by atomic mass is 10.0. The number of carbonyl (C=O) groups is 1. The molecule has 1 N–H and O–H groups in total. The van der Waals surface area contributed by atoms with E-state index < -0.39 is 0 Å². The summed E-state index contributed by atoms with van der Waals surface area (Å²) in [6.07, 6.45) is 39.3. The Bertz CT molecular complexity index is 372. The predicted molar refractivity (Wildman–Crippen MR) is 153 cm³/mol. The first-order valence-corrected chi connectivity index (χ1v) is 16.0. The fourth-order valence-electron chi connectivity index (χ4n) is 5.02. The number of carbonyl (C=O) groups excluding carboxylic acids is 1. The zero-order chi connectivity index (χ0) is 25.3. The number of aldehydes is 1. The number of aliphatic hydroxyl groups excluding tert-OH is 1. The van der Waals surface area contributed by atoms with E-state index in [0.29, 0.717) is 6.61 Å². The highest BCUT2D eigenvalue weighted by Crippen LogP contribution is 2.16. The number of rotatable bonds is 32. The maximum absolute atomic E-state index is 10.3. The fourth-order valence-corrected chi connectivity index (χ4v) is 5.02. The quantitative estimate of drug-likeness (QED) is 0.0744. The lowest BCUT2D eigenvalue weighted by Crippen LogP contribution is -2.00. The third-order valence-electron chi connectivity index (χ3n) is 7.35. The zero-order valence-corrected chi connectivity index (χ0v) is 23.8. The van der Waals surface area contributed by atoms with Crippen LogP contribution in [0.15, 0.2) is 0 Å². The van der Waals surface area contributed by atoms with Gasteiger partial charge in [-0.25, -0.2) is 0 Å². The minimum atomic E-state index is 0.148. The van der Waals surface area contributed by atoms with E-state index in [9.17, 15) is 4.79 Å². The Balaban J connectivity index is 3.00. The molecular weight excluding hydrogens is 432 g/mol. The molecule has 0 saturated heterocycles. The van der Waals surface area contributed by atoms with Crippen LogP contribution in [0.2, 0.25) is 0 Å². The average molecular weight is 497 g/mol. The molecule has 0 heterocycles. The summed E-state index contributed by atoms with van der Waals surface area (Å²) in [7, 11) is 0. The van der Waals surface area contributed by atoms with Crippen molar-refractivity contribution >= 4 is 6.29 Å². The molecule has 210 valence electrons. The van der Waals surface area contributed by atoms with Gasteiger partial charge in [0.15, 0.2) is 0 Å². The molecule has 3 nitrogen and oxygen atoms in total. The average Bonchev–Trinajstić information content (AvgIpc) is 2.87. The molecule has 0 amide bonds. The van der Waals surface area contributed by atoms with Crippen molar-refractivity contribution in [3.05, 3.63) is 0 Å². The van der Waals surface area contributed by atoms with Gasteiger partial charge in [-0.2, -0.15) is 0 Å². The lowest BCUT2D eigenvalue weighted by Gasteiger charge is -2.05. The Labute approximate surface area is 220 Å². The van der Waals surface area contributed by atoms with Crippen LogP contribution in [0.1, 0.15) is 180 Å². The molecule has 3 heteroatoms. The standard InChI is InChI=1S/C32H64O3/c33-29-27-25-23-21-19-17-15-13-11-9-7-5-3-1-2-4-6-8-10-12-14-16-18-20-22-24-26-28-31-35-32-30-34/h29,34H,1-28,30-32H2. The summed E-state index contributed by atoms with van der Waals surface area (Å²) in [5.74, 6) is 0. The molecule has 0 aliphatic rings. The second-order valence-corrected chi connectivity index (χ2v) is 10.8. The van der Waals surface area contributed by atoms with E-state index in [-0.39, 0.29) is 6.61 Å². The first-order valence-electron chi connectivity index (χ1n) is 16.0. The minimum absolute atomic E-state index is 0.148. The van der Waals surface area contributed by atoms with Crippen molar-refractivity contribution in [2.45, 2.75) is 180 Å². The van der Waals surface area contributed by atoms with E-state index in [2.05, 4.69) is 0 Å². The van der Waals surface area contributed by atoms with E-state index in [1.54, 1.807) is 0 Å². The molecule has 0 aromatic heterocycles. The van der Waals surface area contributed by atoms with Crippen LogP contribution in [0, 0.1) is 0 Å². The molecule has 35 heavy (non-hydrogen) atoms. The fraction of sp³-hybridized carbons (Fsp3) is 0.969. The topological polar surface area (TPSA) is 46.5 Å². The maximum Gasteiger partial charge on any atom is 0.119 e. The van der Waals surface area contributed by atoms with Gasteiger partial charge in [0.2, 0.25) is 0 Å². The highest BCUT2D eigenvalue weighted by atomic mass is 16.5. The van der Waals surface area contributed by atoms with Crippen LogP contribution in [0.4, 0.5) is 0 Å². The number of hydrogen-bond donors (Lipinski definition) is 1. The van der Waals surface area contributed by atoms with E-state index in [0.717, 1.165) is 32.2 Å². The van der Waals surface area contributed by atoms with Crippen LogP contribution in [-0.2, 0) is 9.53 Å². The van der Waals surface area contributed by atoms with Gasteiger partial charge in [0.25, 0.3) is 0 Å². The van der Waals surface area contributed by atoms with Gasteiger partial charge in [-0.05, 0) is 12.8 Å². The summed E-state index contributed by atoms with van der Waals surface area (Å²) in [4.78, 5) is 10.3. The molecule has 0 unspecified atom stereocenters. The lowest BCUT2D eigenvalue weighted by molar-refractivity contribution is -0.107. The van der Waals surface area contributed by atoms with Crippen LogP contribution < -0.4 is 0 Å². The van der Waals surface area contributed by atoms with Crippen LogP contribution in [-0.4, -0.2) is 31.2 Å². The Morgan fingerprint density at radius 3 is 0.886 bits per heavy atom. The van der Waals surface area contributed by atoms with Gasteiger partial charge in [-0.3, -0.25) is 0 Å². The summed E-state index contributed by atoms with van der Waals surface area (Å²) < 4.78 is 5.29. The van der Waals surface area contributed by atoms with Crippen LogP contribution >= 0.6 is 0 Å². The molecule has 0 fully saturated rings. The van der Waals surface area contributed by atoms with Crippen molar-refractivity contribution in [2.75, 3.05) is 19.8 Å². The highest BCUT2D eigenvalue weighted by Gasteiger charge is 1.97. The van der Waals surface area contributed by atoms with Gasteiger partial charge in [0.05, 0.1) is 13.2 Å². The van der Waals surface area contributed by atoms with Gasteiger partial charge in [-0.1, -0.05) is 161 Å². The van der Waals surface area contributed by atoms with Crippen molar-refractivity contribution in [3.63, 3.8) is 0 Å². The van der Waals surface area contributed by atoms with Crippen molar-refractivity contribution < 1.29 is 14.6 Å². The van der Waals surface area contributed by atoms with Crippen LogP contribution in [0.5, 0.6) is 0 Å². The zero-order valence-electron chi connectivity index (χ0n) is 23.8. The normalized spacial score (nSPS) is 11.3.